The molecular weight excluding hydrogens is 280 g/mol. The zero-order valence-electron chi connectivity index (χ0n) is 13.0. The lowest BCUT2D eigenvalue weighted by Gasteiger charge is -2.26. The van der Waals surface area contributed by atoms with Crippen molar-refractivity contribution in [3.63, 3.8) is 0 Å². The molecule has 1 aromatic rings. The first kappa shape index (κ1) is 16.0. The summed E-state index contributed by atoms with van der Waals surface area (Å²) in [6, 6.07) is 8.00. The van der Waals surface area contributed by atoms with Gasteiger partial charge in [0, 0.05) is 5.69 Å². The maximum atomic E-state index is 12.6. The Hall–Kier alpha value is -1.42. The summed E-state index contributed by atoms with van der Waals surface area (Å²) in [5.74, 6) is -0.0593. The van der Waals surface area contributed by atoms with E-state index in [9.17, 15) is 4.79 Å². The number of carbonyl (C=O) groups excluding carboxylic acids is 1. The summed E-state index contributed by atoms with van der Waals surface area (Å²) in [5.41, 5.74) is 7.33. The molecule has 0 aromatic heterocycles. The van der Waals surface area contributed by atoms with Gasteiger partial charge in [0.25, 0.3) is 0 Å². The molecule has 0 atom stereocenters. The molecule has 4 heteroatoms. The molecule has 0 saturated heterocycles. The molecule has 0 radical (unpaired) electrons. The number of nitrogens with two attached hydrogens (primary N) is 1. The summed E-state index contributed by atoms with van der Waals surface area (Å²) in [7, 11) is 0. The molecule has 1 aliphatic carbocycles. The minimum absolute atomic E-state index is 0.0593. The second-order valence-electron chi connectivity index (χ2n) is 6.93. The van der Waals surface area contributed by atoms with Crippen molar-refractivity contribution in [3.8, 4) is 0 Å². The van der Waals surface area contributed by atoms with Crippen LogP contribution in [0.3, 0.4) is 0 Å². The van der Waals surface area contributed by atoms with Gasteiger partial charge in [0.2, 0.25) is 5.91 Å². The topological polar surface area (TPSA) is 55.1 Å². The molecule has 1 aliphatic rings. The molecule has 0 unspecified atom stereocenters. The second kappa shape index (κ2) is 5.76. The first-order chi connectivity index (χ1) is 9.75. The smallest absolute Gasteiger partial charge is 0.237 e. The monoisotopic (exact) mass is 304 g/mol. The van der Waals surface area contributed by atoms with E-state index in [1.54, 1.807) is 0 Å². The minimum Gasteiger partial charge on any atom is -0.392 e. The first-order valence-electron chi connectivity index (χ1n) is 7.48. The van der Waals surface area contributed by atoms with Crippen molar-refractivity contribution < 1.29 is 4.79 Å². The van der Waals surface area contributed by atoms with Crippen molar-refractivity contribution in [2.45, 2.75) is 51.9 Å². The third kappa shape index (κ3) is 3.26. The van der Waals surface area contributed by atoms with E-state index in [-0.39, 0.29) is 11.3 Å². The van der Waals surface area contributed by atoms with Gasteiger partial charge in [0.15, 0.2) is 0 Å². The number of rotatable bonds is 3. The molecule has 3 N–H and O–H groups in total. The van der Waals surface area contributed by atoms with E-state index in [1.165, 1.54) is 5.56 Å². The van der Waals surface area contributed by atoms with E-state index in [0.29, 0.717) is 4.99 Å². The SMILES string of the molecule is CC(C)(C)c1ccc(NC(=O)C2(C(N)=S)CCCC2)cc1. The molecule has 1 saturated carbocycles. The molecule has 0 aliphatic heterocycles. The third-order valence-electron chi connectivity index (χ3n) is 4.37. The van der Waals surface area contributed by atoms with Crippen LogP contribution in [0.5, 0.6) is 0 Å². The molecular formula is C17H24N2OS. The average Bonchev–Trinajstić information content (AvgIpc) is 2.89. The molecule has 0 spiro atoms. The molecule has 3 nitrogen and oxygen atoms in total. The highest BCUT2D eigenvalue weighted by Gasteiger charge is 2.43. The molecule has 1 fully saturated rings. The van der Waals surface area contributed by atoms with Gasteiger partial charge in [-0.25, -0.2) is 0 Å². The van der Waals surface area contributed by atoms with E-state index in [0.717, 1.165) is 31.4 Å². The molecule has 0 bridgehead atoms. The fourth-order valence-electron chi connectivity index (χ4n) is 2.87. The standard InChI is InChI=1S/C17H24N2OS/c1-16(2,3)12-6-8-13(9-7-12)19-15(20)17(14(18)21)10-4-5-11-17/h6-9H,4-5,10-11H2,1-3H3,(H2,18,21)(H,19,20). The fourth-order valence-corrected chi connectivity index (χ4v) is 3.17. The maximum absolute atomic E-state index is 12.6. The summed E-state index contributed by atoms with van der Waals surface area (Å²) in [4.78, 5) is 12.9. The summed E-state index contributed by atoms with van der Waals surface area (Å²) < 4.78 is 0. The van der Waals surface area contributed by atoms with Crippen LogP contribution in [-0.4, -0.2) is 10.9 Å². The Balaban J connectivity index is 2.14. The Morgan fingerprint density at radius 2 is 1.71 bits per heavy atom. The van der Waals surface area contributed by atoms with Crippen molar-refractivity contribution in [1.29, 1.82) is 0 Å². The third-order valence-corrected chi connectivity index (χ3v) is 4.76. The van der Waals surface area contributed by atoms with Crippen LogP contribution in [0.2, 0.25) is 0 Å². The van der Waals surface area contributed by atoms with E-state index >= 15 is 0 Å². The summed E-state index contributed by atoms with van der Waals surface area (Å²) >= 11 is 5.15. The number of amides is 1. The van der Waals surface area contributed by atoms with Crippen molar-refractivity contribution in [3.05, 3.63) is 29.8 Å². The molecule has 21 heavy (non-hydrogen) atoms. The highest BCUT2D eigenvalue weighted by atomic mass is 32.1. The van der Waals surface area contributed by atoms with E-state index in [2.05, 4.69) is 38.2 Å². The van der Waals surface area contributed by atoms with Crippen molar-refractivity contribution >= 4 is 28.8 Å². The molecule has 1 aromatic carbocycles. The van der Waals surface area contributed by atoms with Gasteiger partial charge in [-0.3, -0.25) is 4.79 Å². The summed E-state index contributed by atoms with van der Waals surface area (Å²) in [6.07, 6.45) is 3.53. The number of carbonyl (C=O) groups is 1. The predicted octanol–water partition coefficient (Wildman–Crippen LogP) is 3.77. The number of thiocarbonyl (C=S) groups is 1. The van der Waals surface area contributed by atoms with Gasteiger partial charge < -0.3 is 11.1 Å². The Bertz CT molecular complexity index is 537. The van der Waals surface area contributed by atoms with Gasteiger partial charge in [-0.05, 0) is 36.0 Å². The van der Waals surface area contributed by atoms with Gasteiger partial charge >= 0.3 is 0 Å². The zero-order valence-corrected chi connectivity index (χ0v) is 13.8. The Kier molecular flexibility index (Phi) is 4.38. The Labute approximate surface area is 132 Å². The van der Waals surface area contributed by atoms with E-state index in [4.69, 9.17) is 18.0 Å². The Morgan fingerprint density at radius 3 is 2.14 bits per heavy atom. The van der Waals surface area contributed by atoms with Crippen LogP contribution < -0.4 is 11.1 Å². The lowest BCUT2D eigenvalue weighted by atomic mass is 9.84. The van der Waals surface area contributed by atoms with Crippen molar-refractivity contribution in [2.75, 3.05) is 5.32 Å². The van der Waals surface area contributed by atoms with Gasteiger partial charge in [-0.15, -0.1) is 0 Å². The zero-order chi connectivity index (χ0) is 15.7. The molecule has 0 heterocycles. The van der Waals surface area contributed by atoms with Crippen molar-refractivity contribution in [2.24, 2.45) is 11.1 Å². The van der Waals surface area contributed by atoms with Gasteiger partial charge in [-0.1, -0.05) is 58.0 Å². The van der Waals surface area contributed by atoms with Crippen LogP contribution in [0.1, 0.15) is 52.0 Å². The van der Waals surface area contributed by atoms with Crippen LogP contribution >= 0.6 is 12.2 Å². The number of hydrogen-bond donors (Lipinski definition) is 2. The van der Waals surface area contributed by atoms with Crippen LogP contribution in [0.15, 0.2) is 24.3 Å². The van der Waals surface area contributed by atoms with Crippen LogP contribution in [-0.2, 0) is 10.2 Å². The maximum Gasteiger partial charge on any atom is 0.237 e. The highest BCUT2D eigenvalue weighted by Crippen LogP contribution is 2.39. The average molecular weight is 304 g/mol. The van der Waals surface area contributed by atoms with Gasteiger partial charge in [-0.2, -0.15) is 0 Å². The number of hydrogen-bond acceptors (Lipinski definition) is 2. The predicted molar refractivity (Wildman–Crippen MR) is 91.5 cm³/mol. The normalized spacial score (nSPS) is 17.5. The van der Waals surface area contributed by atoms with Crippen LogP contribution in [0.4, 0.5) is 5.69 Å². The lowest BCUT2D eigenvalue weighted by Crippen LogP contribution is -2.43. The van der Waals surface area contributed by atoms with Gasteiger partial charge in [0.05, 0.1) is 10.4 Å². The summed E-state index contributed by atoms with van der Waals surface area (Å²) in [5, 5.41) is 2.98. The lowest BCUT2D eigenvalue weighted by molar-refractivity contribution is -0.122. The molecule has 1 amide bonds. The van der Waals surface area contributed by atoms with Crippen LogP contribution in [0, 0.1) is 5.41 Å². The minimum atomic E-state index is -0.655. The fraction of sp³-hybridized carbons (Fsp3) is 0.529. The van der Waals surface area contributed by atoms with E-state index in [1.807, 2.05) is 12.1 Å². The molecule has 114 valence electrons. The number of nitrogens with one attached hydrogen (secondary N) is 1. The quantitative estimate of drug-likeness (QED) is 0.836. The number of benzene rings is 1. The first-order valence-corrected chi connectivity index (χ1v) is 7.88. The molecule has 2 rings (SSSR count). The van der Waals surface area contributed by atoms with E-state index < -0.39 is 5.41 Å². The van der Waals surface area contributed by atoms with Gasteiger partial charge in [0.1, 0.15) is 0 Å². The highest BCUT2D eigenvalue weighted by molar-refractivity contribution is 7.80. The largest absolute Gasteiger partial charge is 0.392 e. The Morgan fingerprint density at radius 1 is 1.19 bits per heavy atom. The number of anilines is 1. The second-order valence-corrected chi connectivity index (χ2v) is 7.37. The summed E-state index contributed by atoms with van der Waals surface area (Å²) in [6.45, 7) is 6.50. The van der Waals surface area contributed by atoms with Crippen molar-refractivity contribution in [1.82, 2.24) is 0 Å². The van der Waals surface area contributed by atoms with Crippen LogP contribution in [0.25, 0.3) is 0 Å².